The maximum atomic E-state index is 11.6. The average Bonchev–Trinajstić information content (AvgIpc) is 2.40. The summed E-state index contributed by atoms with van der Waals surface area (Å²) in [5.41, 5.74) is 0.697. The molecule has 1 heterocycles. The summed E-state index contributed by atoms with van der Waals surface area (Å²) in [5.74, 6) is -0.115. The second-order valence-corrected chi connectivity index (χ2v) is 4.44. The molecule has 1 N–H and O–H groups in total. The fourth-order valence-electron chi connectivity index (χ4n) is 2.31. The summed E-state index contributed by atoms with van der Waals surface area (Å²) in [6.07, 6.45) is 2.13. The van der Waals surface area contributed by atoms with E-state index in [9.17, 15) is 4.79 Å². The molecular formula is C14H20ClNO2. The number of benzene rings is 1. The van der Waals surface area contributed by atoms with Gasteiger partial charge in [-0.05, 0) is 18.7 Å². The van der Waals surface area contributed by atoms with Crippen LogP contribution in [0, 0.1) is 0 Å². The van der Waals surface area contributed by atoms with Crippen LogP contribution in [-0.2, 0) is 15.1 Å². The molecule has 0 amide bonds. The van der Waals surface area contributed by atoms with E-state index in [1.807, 2.05) is 37.3 Å². The number of halogens is 1. The van der Waals surface area contributed by atoms with Gasteiger partial charge in [-0.3, -0.25) is 4.79 Å². The topological polar surface area (TPSA) is 38.3 Å². The molecule has 1 fully saturated rings. The van der Waals surface area contributed by atoms with Crippen LogP contribution in [0.4, 0.5) is 0 Å². The number of hydrogen-bond donors (Lipinski definition) is 1. The maximum absolute atomic E-state index is 11.6. The summed E-state index contributed by atoms with van der Waals surface area (Å²) in [5, 5.41) is 3.31. The summed E-state index contributed by atoms with van der Waals surface area (Å²) in [4.78, 5) is 11.6. The predicted octanol–water partition coefficient (Wildman–Crippen LogP) is 2.64. The smallest absolute Gasteiger partial charge is 0.306 e. The minimum Gasteiger partial charge on any atom is -0.454 e. The Morgan fingerprint density at radius 3 is 2.44 bits per heavy atom. The molecule has 0 atom stereocenters. The summed E-state index contributed by atoms with van der Waals surface area (Å²) in [7, 11) is 0. The number of ether oxygens (including phenoxy) is 1. The molecule has 0 radical (unpaired) electrons. The van der Waals surface area contributed by atoms with Gasteiger partial charge in [0, 0.05) is 19.3 Å². The van der Waals surface area contributed by atoms with Crippen molar-refractivity contribution in [3.8, 4) is 0 Å². The van der Waals surface area contributed by atoms with Crippen molar-refractivity contribution in [2.24, 2.45) is 0 Å². The molecule has 1 aliphatic heterocycles. The number of carbonyl (C=O) groups is 1. The molecule has 1 aromatic rings. The van der Waals surface area contributed by atoms with Crippen LogP contribution in [0.3, 0.4) is 0 Å². The molecule has 100 valence electrons. The summed E-state index contributed by atoms with van der Waals surface area (Å²) >= 11 is 0. The van der Waals surface area contributed by atoms with Crippen LogP contribution in [-0.4, -0.2) is 19.1 Å². The molecule has 4 heteroatoms. The lowest BCUT2D eigenvalue weighted by Crippen LogP contribution is -2.43. The van der Waals surface area contributed by atoms with Gasteiger partial charge in [0.15, 0.2) is 0 Å². The quantitative estimate of drug-likeness (QED) is 0.858. The summed E-state index contributed by atoms with van der Waals surface area (Å²) in [6.45, 7) is 3.62. The van der Waals surface area contributed by atoms with E-state index >= 15 is 0 Å². The minimum absolute atomic E-state index is 0. The molecule has 0 bridgehead atoms. The first-order valence-corrected chi connectivity index (χ1v) is 6.25. The zero-order valence-corrected chi connectivity index (χ0v) is 11.5. The van der Waals surface area contributed by atoms with Crippen molar-refractivity contribution in [2.45, 2.75) is 31.8 Å². The highest BCUT2D eigenvalue weighted by Crippen LogP contribution is 2.35. The Morgan fingerprint density at radius 2 is 1.89 bits per heavy atom. The Bertz CT molecular complexity index is 375. The molecular weight excluding hydrogens is 250 g/mol. The number of esters is 1. The van der Waals surface area contributed by atoms with Crippen LogP contribution in [0.1, 0.15) is 31.7 Å². The SMILES string of the molecule is CCC(=O)OC1(c2ccccc2)CCNCC1.Cl. The van der Waals surface area contributed by atoms with Crippen molar-refractivity contribution in [1.82, 2.24) is 5.32 Å². The van der Waals surface area contributed by atoms with Crippen molar-refractivity contribution in [1.29, 1.82) is 0 Å². The van der Waals surface area contributed by atoms with E-state index in [0.717, 1.165) is 31.5 Å². The van der Waals surface area contributed by atoms with Crippen LogP contribution >= 0.6 is 12.4 Å². The second-order valence-electron chi connectivity index (χ2n) is 4.44. The third-order valence-corrected chi connectivity index (χ3v) is 3.31. The van der Waals surface area contributed by atoms with E-state index in [1.54, 1.807) is 0 Å². The third kappa shape index (κ3) is 3.24. The van der Waals surface area contributed by atoms with Gasteiger partial charge in [0.05, 0.1) is 0 Å². The predicted molar refractivity (Wildman–Crippen MR) is 73.9 cm³/mol. The van der Waals surface area contributed by atoms with Crippen molar-refractivity contribution in [3.05, 3.63) is 35.9 Å². The Hall–Kier alpha value is -1.06. The van der Waals surface area contributed by atoms with E-state index in [1.165, 1.54) is 0 Å². The van der Waals surface area contributed by atoms with Gasteiger partial charge in [0.2, 0.25) is 0 Å². The van der Waals surface area contributed by atoms with Crippen LogP contribution in [0.25, 0.3) is 0 Å². The fourth-order valence-corrected chi connectivity index (χ4v) is 2.31. The van der Waals surface area contributed by atoms with Crippen molar-refractivity contribution in [3.63, 3.8) is 0 Å². The number of piperidine rings is 1. The Kier molecular flexibility index (Phi) is 5.63. The van der Waals surface area contributed by atoms with Gasteiger partial charge in [-0.25, -0.2) is 0 Å². The van der Waals surface area contributed by atoms with Crippen LogP contribution in [0.5, 0.6) is 0 Å². The average molecular weight is 270 g/mol. The molecule has 0 unspecified atom stereocenters. The molecule has 0 saturated carbocycles. The van der Waals surface area contributed by atoms with E-state index in [0.29, 0.717) is 6.42 Å². The van der Waals surface area contributed by atoms with Gasteiger partial charge in [-0.1, -0.05) is 37.3 Å². The first-order chi connectivity index (χ1) is 8.27. The molecule has 3 nitrogen and oxygen atoms in total. The molecule has 1 saturated heterocycles. The summed E-state index contributed by atoms with van der Waals surface area (Å²) < 4.78 is 5.74. The van der Waals surface area contributed by atoms with E-state index in [4.69, 9.17) is 4.74 Å². The number of rotatable bonds is 3. The maximum Gasteiger partial charge on any atom is 0.306 e. The monoisotopic (exact) mass is 269 g/mol. The number of carbonyl (C=O) groups excluding carboxylic acids is 1. The molecule has 0 aromatic heterocycles. The zero-order chi connectivity index (χ0) is 12.1. The minimum atomic E-state index is -0.417. The van der Waals surface area contributed by atoms with Gasteiger partial charge in [0.25, 0.3) is 0 Å². The highest BCUT2D eigenvalue weighted by Gasteiger charge is 2.37. The Morgan fingerprint density at radius 1 is 1.28 bits per heavy atom. The van der Waals surface area contributed by atoms with Crippen LogP contribution in [0.2, 0.25) is 0 Å². The molecule has 1 aliphatic rings. The van der Waals surface area contributed by atoms with Crippen LogP contribution in [0.15, 0.2) is 30.3 Å². The normalized spacial score (nSPS) is 17.6. The van der Waals surface area contributed by atoms with Crippen molar-refractivity contribution < 1.29 is 9.53 Å². The standard InChI is InChI=1S/C14H19NO2.ClH/c1-2-13(16)17-14(8-10-15-11-9-14)12-6-4-3-5-7-12;/h3-7,15H,2,8-11H2,1H3;1H. The van der Waals surface area contributed by atoms with Crippen molar-refractivity contribution in [2.75, 3.05) is 13.1 Å². The fraction of sp³-hybridized carbons (Fsp3) is 0.500. The first kappa shape index (κ1) is 15.0. The van der Waals surface area contributed by atoms with Gasteiger partial charge < -0.3 is 10.1 Å². The van der Waals surface area contributed by atoms with E-state index < -0.39 is 5.60 Å². The largest absolute Gasteiger partial charge is 0.454 e. The Balaban J connectivity index is 0.00000162. The van der Waals surface area contributed by atoms with Crippen molar-refractivity contribution >= 4 is 18.4 Å². The molecule has 2 rings (SSSR count). The first-order valence-electron chi connectivity index (χ1n) is 6.25. The van der Waals surface area contributed by atoms with E-state index in [-0.39, 0.29) is 18.4 Å². The van der Waals surface area contributed by atoms with Crippen LogP contribution < -0.4 is 5.32 Å². The lowest BCUT2D eigenvalue weighted by atomic mass is 9.85. The van der Waals surface area contributed by atoms with Gasteiger partial charge in [-0.2, -0.15) is 0 Å². The van der Waals surface area contributed by atoms with E-state index in [2.05, 4.69) is 5.32 Å². The highest BCUT2D eigenvalue weighted by atomic mass is 35.5. The van der Waals surface area contributed by atoms with Gasteiger partial charge in [-0.15, -0.1) is 12.4 Å². The molecule has 18 heavy (non-hydrogen) atoms. The zero-order valence-electron chi connectivity index (χ0n) is 10.6. The number of nitrogens with one attached hydrogen (secondary N) is 1. The molecule has 0 aliphatic carbocycles. The van der Waals surface area contributed by atoms with Gasteiger partial charge in [0.1, 0.15) is 5.60 Å². The Labute approximate surface area is 114 Å². The highest BCUT2D eigenvalue weighted by molar-refractivity contribution is 5.85. The third-order valence-electron chi connectivity index (χ3n) is 3.31. The number of hydrogen-bond acceptors (Lipinski definition) is 3. The molecule has 0 spiro atoms. The second kappa shape index (κ2) is 6.76. The lowest BCUT2D eigenvalue weighted by Gasteiger charge is -2.37. The molecule has 1 aromatic carbocycles. The lowest BCUT2D eigenvalue weighted by molar-refractivity contribution is -0.163. The summed E-state index contributed by atoms with van der Waals surface area (Å²) in [6, 6.07) is 10.1. The van der Waals surface area contributed by atoms with Gasteiger partial charge >= 0.3 is 5.97 Å².